The Morgan fingerprint density at radius 1 is 0.690 bits per heavy atom. The van der Waals surface area contributed by atoms with Crippen LogP contribution in [0.25, 0.3) is 0 Å². The van der Waals surface area contributed by atoms with Crippen LogP contribution in [0.4, 0.5) is 8.78 Å². The molecule has 8 nitrogen and oxygen atoms in total. The molecule has 0 unspecified atom stereocenters. The Bertz CT molecular complexity index is 849. The van der Waals surface area contributed by atoms with E-state index in [4.69, 9.17) is 21.7 Å². The van der Waals surface area contributed by atoms with Crippen molar-refractivity contribution in [1.82, 2.24) is 0 Å². The summed E-state index contributed by atoms with van der Waals surface area (Å²) in [7, 11) is 0. The van der Waals surface area contributed by atoms with Gasteiger partial charge in [0.2, 0.25) is 0 Å². The molecule has 0 aliphatic heterocycles. The number of nitrogens with zero attached hydrogens (tertiary/aromatic N) is 4. The van der Waals surface area contributed by atoms with Crippen LogP contribution in [0.15, 0.2) is 68.9 Å². The number of benzene rings is 2. The number of aliphatic hydroxyl groups excluding tert-OH is 2. The van der Waals surface area contributed by atoms with E-state index in [-0.39, 0.29) is 32.1 Å². The molecule has 29 heavy (non-hydrogen) atoms. The summed E-state index contributed by atoms with van der Waals surface area (Å²) in [5, 5.41) is 30.6. The summed E-state index contributed by atoms with van der Waals surface area (Å²) in [6, 6.07) is 11.0. The van der Waals surface area contributed by atoms with E-state index >= 15 is 0 Å². The minimum atomic E-state index is -0.652. The molecule has 0 radical (unpaired) electrons. The van der Waals surface area contributed by atoms with Crippen LogP contribution in [0, 0.1) is 11.6 Å². The molecule has 158 valence electrons. The van der Waals surface area contributed by atoms with Gasteiger partial charge in [0.15, 0.2) is 0 Å². The maximum atomic E-state index is 13.1. The Morgan fingerprint density at radius 3 is 1.28 bits per heavy atom. The molecule has 0 saturated heterocycles. The van der Waals surface area contributed by atoms with Crippen LogP contribution in [0.2, 0.25) is 0 Å². The fourth-order valence-electron chi connectivity index (χ4n) is 1.87. The van der Waals surface area contributed by atoms with Crippen molar-refractivity contribution in [2.45, 2.75) is 13.8 Å². The van der Waals surface area contributed by atoms with Crippen molar-refractivity contribution >= 4 is 23.5 Å². The van der Waals surface area contributed by atoms with Gasteiger partial charge in [-0.1, -0.05) is 46.6 Å². The zero-order valence-electron chi connectivity index (χ0n) is 15.5. The minimum absolute atomic E-state index is 0. The first-order valence-electron chi connectivity index (χ1n) is 7.85. The third kappa shape index (κ3) is 9.55. The quantitative estimate of drug-likeness (QED) is 0.223. The molecule has 0 aliphatic carbocycles. The number of hydrogen-bond donors (Lipinski definition) is 4. The smallest absolute Gasteiger partial charge is 0.303 e. The summed E-state index contributed by atoms with van der Waals surface area (Å²) in [5.41, 5.74) is 11.1. The molecule has 0 heterocycles. The second kappa shape index (κ2) is 13.1. The molecule has 2 aromatic rings. The van der Waals surface area contributed by atoms with Crippen LogP contribution in [0.5, 0.6) is 0 Å². The van der Waals surface area contributed by atoms with Crippen molar-refractivity contribution in [1.29, 1.82) is 0 Å². The van der Waals surface area contributed by atoms with Crippen LogP contribution in [-0.2, 0) is 20.4 Å². The van der Waals surface area contributed by atoms with E-state index in [0.717, 1.165) is 0 Å². The molecule has 0 atom stereocenters. The first-order valence-corrected chi connectivity index (χ1v) is 7.85. The first kappa shape index (κ1) is 25.8. The second-order valence-electron chi connectivity index (χ2n) is 5.25. The number of aliphatic hydroxyl groups is 2. The first-order chi connectivity index (χ1) is 13.2. The van der Waals surface area contributed by atoms with Gasteiger partial charge in [-0.05, 0) is 26.0 Å². The third-order valence-electron chi connectivity index (χ3n) is 3.13. The molecule has 0 aromatic heterocycles. The van der Waals surface area contributed by atoms with Crippen LogP contribution < -0.4 is 11.5 Å². The summed E-state index contributed by atoms with van der Waals surface area (Å²) < 4.78 is 26.3. The van der Waals surface area contributed by atoms with Gasteiger partial charge < -0.3 is 21.7 Å². The Morgan fingerprint density at radius 2 is 1.00 bits per heavy atom. The van der Waals surface area contributed by atoms with Gasteiger partial charge in [-0.2, -0.15) is 10.2 Å². The van der Waals surface area contributed by atoms with Crippen molar-refractivity contribution in [2.24, 2.45) is 31.9 Å². The second-order valence-corrected chi connectivity index (χ2v) is 5.25. The van der Waals surface area contributed by atoms with Gasteiger partial charge in [0.25, 0.3) is 0 Å². The van der Waals surface area contributed by atoms with Crippen LogP contribution in [-0.4, -0.2) is 33.7 Å². The largest absolute Gasteiger partial charge is 0.480 e. The molecule has 0 saturated carbocycles. The summed E-state index contributed by atoms with van der Waals surface area (Å²) in [4.78, 5) is 0. The molecule has 2 aromatic carbocycles. The Labute approximate surface area is 180 Å². The number of rotatable bonds is 4. The normalized spacial score (nSPS) is 12.6. The molecular formula is C18H20F2N6O2Pd. The molecule has 0 amide bonds. The van der Waals surface area contributed by atoms with Gasteiger partial charge in [0.1, 0.15) is 11.6 Å². The number of amidine groups is 2. The van der Waals surface area contributed by atoms with E-state index < -0.39 is 12.0 Å². The number of halogens is 2. The molecule has 6 N–H and O–H groups in total. The number of nitrogens with two attached hydrogens (primary N) is 2. The summed E-state index contributed by atoms with van der Waals surface area (Å²) in [6.45, 7) is 3.15. The van der Waals surface area contributed by atoms with E-state index in [1.54, 1.807) is 50.2 Å². The predicted octanol–water partition coefficient (Wildman–Crippen LogP) is 2.84. The van der Waals surface area contributed by atoms with Crippen LogP contribution >= 0.6 is 0 Å². The molecule has 0 spiro atoms. The van der Waals surface area contributed by atoms with Gasteiger partial charge >= 0.3 is 12.0 Å². The van der Waals surface area contributed by atoms with Crippen molar-refractivity contribution < 1.29 is 39.4 Å². The monoisotopic (exact) mass is 496 g/mol. The van der Waals surface area contributed by atoms with E-state index in [0.29, 0.717) is 22.6 Å². The Kier molecular flexibility index (Phi) is 11.7. The Balaban J connectivity index is 0.000000523. The molecule has 2 rings (SSSR count). The van der Waals surface area contributed by atoms with Crippen molar-refractivity contribution in [3.05, 3.63) is 71.3 Å². The summed E-state index contributed by atoms with van der Waals surface area (Å²) in [5.74, 6) is -0.777. The molecule has 0 bridgehead atoms. The third-order valence-corrected chi connectivity index (χ3v) is 3.13. The van der Waals surface area contributed by atoms with Crippen LogP contribution in [0.3, 0.4) is 0 Å². The molecule has 0 fully saturated rings. The van der Waals surface area contributed by atoms with Gasteiger partial charge in [0, 0.05) is 31.5 Å². The molecule has 11 heteroatoms. The van der Waals surface area contributed by atoms with Gasteiger partial charge in [-0.25, -0.2) is 8.78 Å². The molecule has 0 aliphatic rings. The average Bonchev–Trinajstić information content (AvgIpc) is 2.65. The average molecular weight is 497 g/mol. The maximum Gasteiger partial charge on any atom is 0.303 e. The van der Waals surface area contributed by atoms with Crippen molar-refractivity contribution in [2.75, 3.05) is 0 Å². The van der Waals surface area contributed by atoms with Gasteiger partial charge in [-0.3, -0.25) is 0 Å². The minimum Gasteiger partial charge on any atom is -0.480 e. The van der Waals surface area contributed by atoms with Gasteiger partial charge in [-0.15, -0.1) is 0 Å². The van der Waals surface area contributed by atoms with E-state index in [9.17, 15) is 8.78 Å². The Hall–Kier alpha value is -3.16. The predicted molar refractivity (Wildman–Crippen MR) is 106 cm³/mol. The SMILES string of the molecule is C/C(=N\N=C(\N)O)c1ccccc1F.C/C(=N\N=C(\N)O)c1ccccc1F.[Pd]. The van der Waals surface area contributed by atoms with Crippen molar-refractivity contribution in [3.63, 3.8) is 0 Å². The van der Waals surface area contributed by atoms with Crippen LogP contribution in [0.1, 0.15) is 25.0 Å². The number of hydrogen-bond acceptors (Lipinski definition) is 4. The van der Waals surface area contributed by atoms with E-state index in [2.05, 4.69) is 20.4 Å². The summed E-state index contributed by atoms with van der Waals surface area (Å²) >= 11 is 0. The van der Waals surface area contributed by atoms with Crippen molar-refractivity contribution in [3.8, 4) is 0 Å². The summed E-state index contributed by atoms with van der Waals surface area (Å²) in [6.07, 6.45) is 0. The fraction of sp³-hybridized carbons (Fsp3) is 0.111. The fourth-order valence-corrected chi connectivity index (χ4v) is 1.87. The van der Waals surface area contributed by atoms with Gasteiger partial charge in [0.05, 0.1) is 11.4 Å². The molecular weight excluding hydrogens is 477 g/mol. The zero-order chi connectivity index (χ0) is 21.1. The topological polar surface area (TPSA) is 142 Å². The van der Waals surface area contributed by atoms with E-state index in [1.807, 2.05) is 0 Å². The maximum absolute atomic E-state index is 13.1. The zero-order valence-corrected chi connectivity index (χ0v) is 17.1. The standard InChI is InChI=1S/2C9H10FN3O.Pd/c2*1-6(12-13-9(11)14)7-4-2-3-5-8(7)10;/h2*2-5H,1H3,(H3,11,13,14);/b2*12-6+;. The van der Waals surface area contributed by atoms with E-state index in [1.165, 1.54) is 12.1 Å².